The van der Waals surface area contributed by atoms with Crippen LogP contribution in [-0.4, -0.2) is 45.6 Å². The van der Waals surface area contributed by atoms with Crippen molar-refractivity contribution in [1.82, 2.24) is 14.7 Å². The Bertz CT molecular complexity index is 580. The lowest BCUT2D eigenvalue weighted by atomic mass is 10.1. The summed E-state index contributed by atoms with van der Waals surface area (Å²) in [5.74, 6) is 0. The number of hydrogen-bond donors (Lipinski definition) is 1. The van der Waals surface area contributed by atoms with Crippen molar-refractivity contribution in [1.29, 1.82) is 0 Å². The number of hydrogen-bond acceptors (Lipinski definition) is 3. The van der Waals surface area contributed by atoms with Crippen molar-refractivity contribution in [3.8, 4) is 5.69 Å². The van der Waals surface area contributed by atoms with Gasteiger partial charge in [-0.15, -0.1) is 0 Å². The fourth-order valence-corrected chi connectivity index (χ4v) is 2.29. The molecule has 1 saturated heterocycles. The van der Waals surface area contributed by atoms with Crippen LogP contribution in [0.25, 0.3) is 5.69 Å². The highest BCUT2D eigenvalue weighted by atomic mass is 16.5. The molecule has 1 N–H and O–H groups in total. The van der Waals surface area contributed by atoms with Crippen LogP contribution in [0.1, 0.15) is 11.7 Å². The summed E-state index contributed by atoms with van der Waals surface area (Å²) in [7, 11) is 0. The van der Waals surface area contributed by atoms with Gasteiger partial charge in [-0.3, -0.25) is 0 Å². The van der Waals surface area contributed by atoms with E-state index in [9.17, 15) is 4.79 Å². The fraction of sp³-hybridized carbons (Fsp3) is 0.286. The van der Waals surface area contributed by atoms with Gasteiger partial charge in [0.15, 0.2) is 0 Å². The highest BCUT2D eigenvalue weighted by molar-refractivity contribution is 5.65. The van der Waals surface area contributed by atoms with Crippen molar-refractivity contribution in [3.63, 3.8) is 0 Å². The number of carbonyl (C=O) groups is 1. The van der Waals surface area contributed by atoms with Gasteiger partial charge in [0, 0.05) is 18.9 Å². The molecule has 0 saturated carbocycles. The van der Waals surface area contributed by atoms with Gasteiger partial charge in [0.1, 0.15) is 6.10 Å². The maximum absolute atomic E-state index is 11.0. The molecule has 6 nitrogen and oxygen atoms in total. The normalized spacial score (nSPS) is 19.0. The summed E-state index contributed by atoms with van der Waals surface area (Å²) in [5, 5.41) is 13.2. The van der Waals surface area contributed by atoms with Crippen LogP contribution < -0.4 is 0 Å². The molecule has 2 aromatic rings. The summed E-state index contributed by atoms with van der Waals surface area (Å²) in [6, 6.07) is 9.67. The fourth-order valence-electron chi connectivity index (χ4n) is 2.29. The molecule has 20 heavy (non-hydrogen) atoms. The molecular weight excluding hydrogens is 258 g/mol. The Hall–Kier alpha value is -2.34. The van der Waals surface area contributed by atoms with Crippen molar-refractivity contribution in [3.05, 3.63) is 48.3 Å². The molecule has 0 bridgehead atoms. The van der Waals surface area contributed by atoms with Crippen LogP contribution in [0.4, 0.5) is 4.79 Å². The summed E-state index contributed by atoms with van der Waals surface area (Å²) >= 11 is 0. The van der Waals surface area contributed by atoms with Crippen LogP contribution in [0.2, 0.25) is 0 Å². The second kappa shape index (κ2) is 5.34. The highest BCUT2D eigenvalue weighted by Crippen LogP contribution is 2.23. The van der Waals surface area contributed by atoms with Gasteiger partial charge in [0.2, 0.25) is 0 Å². The van der Waals surface area contributed by atoms with Gasteiger partial charge in [-0.1, -0.05) is 12.1 Å². The van der Waals surface area contributed by atoms with E-state index in [2.05, 4.69) is 5.10 Å². The first kappa shape index (κ1) is 12.7. The molecule has 1 amide bonds. The Morgan fingerprint density at radius 1 is 1.35 bits per heavy atom. The Morgan fingerprint density at radius 2 is 2.15 bits per heavy atom. The number of carboxylic acid groups (broad SMARTS) is 1. The minimum atomic E-state index is -0.897. The second-order valence-corrected chi connectivity index (χ2v) is 4.63. The van der Waals surface area contributed by atoms with Crippen molar-refractivity contribution >= 4 is 6.09 Å². The van der Waals surface area contributed by atoms with E-state index in [1.54, 1.807) is 10.9 Å². The number of ether oxygens (including phenoxy) is 1. The van der Waals surface area contributed by atoms with E-state index in [-0.39, 0.29) is 6.10 Å². The lowest BCUT2D eigenvalue weighted by Crippen LogP contribution is -2.41. The molecule has 3 rings (SSSR count). The topological polar surface area (TPSA) is 67.6 Å². The Balaban J connectivity index is 1.76. The van der Waals surface area contributed by atoms with E-state index in [1.165, 1.54) is 4.90 Å². The lowest BCUT2D eigenvalue weighted by Gasteiger charge is -2.31. The third-order valence-corrected chi connectivity index (χ3v) is 3.37. The average molecular weight is 273 g/mol. The van der Waals surface area contributed by atoms with Crippen molar-refractivity contribution in [2.24, 2.45) is 0 Å². The molecule has 1 fully saturated rings. The quantitative estimate of drug-likeness (QED) is 0.907. The Kier molecular flexibility index (Phi) is 3.39. The van der Waals surface area contributed by atoms with Crippen molar-refractivity contribution < 1.29 is 14.6 Å². The Morgan fingerprint density at radius 3 is 2.80 bits per heavy atom. The van der Waals surface area contributed by atoms with Crippen molar-refractivity contribution in [2.45, 2.75) is 6.10 Å². The summed E-state index contributed by atoms with van der Waals surface area (Å²) in [6.45, 7) is 1.23. The standard InChI is InChI=1S/C14H15N3O3/c18-14(19)16-8-9-20-13(10-16)11-2-4-12(5-3-11)17-7-1-6-15-17/h1-7,13H,8-10H2,(H,18,19). The minimum Gasteiger partial charge on any atom is -0.465 e. The van der Waals surface area contributed by atoms with E-state index >= 15 is 0 Å². The maximum atomic E-state index is 11.0. The summed E-state index contributed by atoms with van der Waals surface area (Å²) in [6.07, 6.45) is 2.50. The van der Waals surface area contributed by atoms with Gasteiger partial charge in [0.25, 0.3) is 0 Å². The predicted molar refractivity (Wildman–Crippen MR) is 71.9 cm³/mol. The highest BCUT2D eigenvalue weighted by Gasteiger charge is 2.24. The zero-order chi connectivity index (χ0) is 13.9. The predicted octanol–water partition coefficient (Wildman–Crippen LogP) is 1.92. The molecule has 6 heteroatoms. The van der Waals surface area contributed by atoms with Gasteiger partial charge in [-0.05, 0) is 23.8 Å². The van der Waals surface area contributed by atoms with Gasteiger partial charge >= 0.3 is 6.09 Å². The van der Waals surface area contributed by atoms with E-state index < -0.39 is 6.09 Å². The van der Waals surface area contributed by atoms with Crippen LogP contribution in [-0.2, 0) is 4.74 Å². The largest absolute Gasteiger partial charge is 0.465 e. The molecule has 1 aromatic carbocycles. The van der Waals surface area contributed by atoms with Gasteiger partial charge in [-0.25, -0.2) is 9.48 Å². The third kappa shape index (κ3) is 2.50. The van der Waals surface area contributed by atoms with Crippen LogP contribution in [0.5, 0.6) is 0 Å². The summed E-state index contributed by atoms with van der Waals surface area (Å²) in [5.41, 5.74) is 1.94. The first-order chi connectivity index (χ1) is 9.74. The number of nitrogens with zero attached hydrogens (tertiary/aromatic N) is 3. The summed E-state index contributed by atoms with van der Waals surface area (Å²) < 4.78 is 7.42. The summed E-state index contributed by atoms with van der Waals surface area (Å²) in [4.78, 5) is 12.4. The van der Waals surface area contributed by atoms with Crippen LogP contribution >= 0.6 is 0 Å². The van der Waals surface area contributed by atoms with E-state index in [4.69, 9.17) is 9.84 Å². The molecule has 1 aromatic heterocycles. The van der Waals surface area contributed by atoms with Gasteiger partial charge in [0.05, 0.1) is 18.8 Å². The van der Waals surface area contributed by atoms with Crippen molar-refractivity contribution in [2.75, 3.05) is 19.7 Å². The van der Waals surface area contributed by atoms with Gasteiger partial charge < -0.3 is 14.7 Å². The third-order valence-electron chi connectivity index (χ3n) is 3.37. The van der Waals surface area contributed by atoms with Gasteiger partial charge in [-0.2, -0.15) is 5.10 Å². The minimum absolute atomic E-state index is 0.202. The number of amides is 1. The smallest absolute Gasteiger partial charge is 0.407 e. The zero-order valence-electron chi connectivity index (χ0n) is 10.8. The Labute approximate surface area is 116 Å². The molecule has 0 aliphatic carbocycles. The monoisotopic (exact) mass is 273 g/mol. The molecule has 1 unspecified atom stereocenters. The molecule has 104 valence electrons. The van der Waals surface area contributed by atoms with E-state index in [0.29, 0.717) is 19.7 Å². The molecule has 1 atom stereocenters. The van der Waals surface area contributed by atoms with Crippen LogP contribution in [0.15, 0.2) is 42.7 Å². The zero-order valence-corrected chi connectivity index (χ0v) is 10.8. The molecule has 0 radical (unpaired) electrons. The lowest BCUT2D eigenvalue weighted by molar-refractivity contribution is -0.0232. The number of benzene rings is 1. The van der Waals surface area contributed by atoms with Crippen LogP contribution in [0, 0.1) is 0 Å². The SMILES string of the molecule is O=C(O)N1CCOC(c2ccc(-n3cccn3)cc2)C1. The average Bonchev–Trinajstić information content (AvgIpc) is 3.02. The number of morpholine rings is 1. The first-order valence-electron chi connectivity index (χ1n) is 6.43. The molecule has 2 heterocycles. The van der Waals surface area contributed by atoms with E-state index in [0.717, 1.165) is 11.3 Å². The molecule has 0 spiro atoms. The van der Waals surface area contributed by atoms with E-state index in [1.807, 2.05) is 36.5 Å². The maximum Gasteiger partial charge on any atom is 0.407 e. The number of rotatable bonds is 2. The molecule has 1 aliphatic rings. The molecular formula is C14H15N3O3. The number of aromatic nitrogens is 2. The second-order valence-electron chi connectivity index (χ2n) is 4.63. The molecule has 1 aliphatic heterocycles. The van der Waals surface area contributed by atoms with Crippen LogP contribution in [0.3, 0.4) is 0 Å². The first-order valence-corrected chi connectivity index (χ1v) is 6.43.